The largest absolute Gasteiger partial charge is 0.385 e. The van der Waals surface area contributed by atoms with E-state index >= 15 is 0 Å². The lowest BCUT2D eigenvalue weighted by Gasteiger charge is -2.14. The number of carbonyl (C=O) groups is 1. The van der Waals surface area contributed by atoms with Crippen LogP contribution in [0.4, 0.5) is 4.39 Å². The van der Waals surface area contributed by atoms with Crippen LogP contribution in [-0.4, -0.2) is 17.0 Å². The van der Waals surface area contributed by atoms with E-state index < -0.39 is 17.7 Å². The molecule has 1 aromatic carbocycles. The molecular formula is C12H15FO2. The highest BCUT2D eigenvalue weighted by Gasteiger charge is 2.22. The predicted molar refractivity (Wildman–Crippen MR) is 56.3 cm³/mol. The third-order valence-electron chi connectivity index (χ3n) is 2.37. The number of ketones is 1. The fourth-order valence-electron chi connectivity index (χ4n) is 1.32. The average molecular weight is 210 g/mol. The fourth-order valence-corrected chi connectivity index (χ4v) is 1.32. The Bertz CT molecular complexity index is 372. The van der Waals surface area contributed by atoms with Crippen molar-refractivity contribution in [1.29, 1.82) is 0 Å². The monoisotopic (exact) mass is 210 g/mol. The molecule has 2 nitrogen and oxygen atoms in total. The Hall–Kier alpha value is -1.22. The van der Waals surface area contributed by atoms with Crippen LogP contribution in [0, 0.1) is 18.7 Å². The summed E-state index contributed by atoms with van der Waals surface area (Å²) < 4.78 is 12.9. The van der Waals surface area contributed by atoms with E-state index in [1.807, 2.05) is 0 Å². The molecule has 1 rings (SSSR count). The molecular weight excluding hydrogens is 195 g/mol. The first-order valence-electron chi connectivity index (χ1n) is 4.92. The highest BCUT2D eigenvalue weighted by Crippen LogP contribution is 2.15. The Kier molecular flexibility index (Phi) is 3.58. The number of rotatable bonds is 3. The van der Waals surface area contributed by atoms with Crippen molar-refractivity contribution >= 4 is 5.78 Å². The molecule has 0 aliphatic rings. The summed E-state index contributed by atoms with van der Waals surface area (Å²) in [5, 5.41) is 9.59. The van der Waals surface area contributed by atoms with Gasteiger partial charge in [-0.05, 0) is 30.5 Å². The summed E-state index contributed by atoms with van der Waals surface area (Å²) in [4.78, 5) is 11.7. The van der Waals surface area contributed by atoms with Gasteiger partial charge in [-0.2, -0.15) is 0 Å². The Balaban J connectivity index is 3.05. The van der Waals surface area contributed by atoms with Gasteiger partial charge in [0.25, 0.3) is 0 Å². The maximum Gasteiger partial charge on any atom is 0.191 e. The molecule has 0 amide bonds. The van der Waals surface area contributed by atoms with Gasteiger partial charge in [-0.15, -0.1) is 0 Å². The number of Topliss-reactive ketones (excluding diaryl/α,β-unsaturated/α-hetero) is 1. The van der Waals surface area contributed by atoms with Crippen molar-refractivity contribution in [3.05, 3.63) is 35.1 Å². The molecule has 0 fully saturated rings. The van der Waals surface area contributed by atoms with Crippen molar-refractivity contribution in [3.63, 3.8) is 0 Å². The predicted octanol–water partition coefficient (Wildman–Crippen LogP) is 2.33. The highest BCUT2D eigenvalue weighted by atomic mass is 19.1. The summed E-state index contributed by atoms with van der Waals surface area (Å²) >= 11 is 0. The molecule has 1 atom stereocenters. The fraction of sp³-hybridized carbons (Fsp3) is 0.417. The smallest absolute Gasteiger partial charge is 0.191 e. The van der Waals surface area contributed by atoms with Gasteiger partial charge in [0.15, 0.2) is 5.78 Å². The number of halogens is 1. The Morgan fingerprint density at radius 2 is 2.00 bits per heavy atom. The molecule has 82 valence electrons. The first-order valence-corrected chi connectivity index (χ1v) is 4.92. The summed E-state index contributed by atoms with van der Waals surface area (Å²) in [5.74, 6) is -1.04. The van der Waals surface area contributed by atoms with Crippen molar-refractivity contribution in [2.24, 2.45) is 5.92 Å². The van der Waals surface area contributed by atoms with Crippen molar-refractivity contribution in [3.8, 4) is 0 Å². The van der Waals surface area contributed by atoms with Gasteiger partial charge < -0.3 is 5.11 Å². The van der Waals surface area contributed by atoms with Gasteiger partial charge in [-0.3, -0.25) is 4.79 Å². The first kappa shape index (κ1) is 11.9. The lowest BCUT2D eigenvalue weighted by Crippen LogP contribution is -2.26. The summed E-state index contributed by atoms with van der Waals surface area (Å²) in [6, 6.07) is 4.01. The molecule has 1 unspecified atom stereocenters. The molecule has 1 aromatic rings. The average Bonchev–Trinajstić information content (AvgIpc) is 2.19. The van der Waals surface area contributed by atoms with E-state index in [1.165, 1.54) is 18.2 Å². The quantitative estimate of drug-likeness (QED) is 0.777. The topological polar surface area (TPSA) is 37.3 Å². The highest BCUT2D eigenvalue weighted by molar-refractivity contribution is 6.00. The Morgan fingerprint density at radius 3 is 2.53 bits per heavy atom. The van der Waals surface area contributed by atoms with Crippen LogP contribution >= 0.6 is 0 Å². The van der Waals surface area contributed by atoms with Gasteiger partial charge >= 0.3 is 0 Å². The molecule has 0 saturated carbocycles. The van der Waals surface area contributed by atoms with Gasteiger partial charge in [0.2, 0.25) is 0 Å². The molecule has 0 aliphatic heterocycles. The Morgan fingerprint density at radius 1 is 1.40 bits per heavy atom. The second-order valence-corrected chi connectivity index (χ2v) is 4.01. The zero-order valence-electron chi connectivity index (χ0n) is 9.12. The molecule has 3 heteroatoms. The van der Waals surface area contributed by atoms with E-state index in [4.69, 9.17) is 0 Å². The van der Waals surface area contributed by atoms with Crippen molar-refractivity contribution in [2.45, 2.75) is 26.9 Å². The number of carbonyl (C=O) groups excluding carboxylic acids is 1. The van der Waals surface area contributed by atoms with E-state index in [1.54, 1.807) is 20.8 Å². The molecule has 0 radical (unpaired) electrons. The van der Waals surface area contributed by atoms with E-state index in [9.17, 15) is 14.3 Å². The van der Waals surface area contributed by atoms with Gasteiger partial charge in [0.05, 0.1) is 0 Å². The Labute approximate surface area is 88.7 Å². The van der Waals surface area contributed by atoms with Crippen LogP contribution in [0.2, 0.25) is 0 Å². The standard InChI is InChI=1S/C12H15FO2/c1-7(2)11(14)12(15)10-6-9(13)5-4-8(10)3/h4-7,11,14H,1-3H3. The maximum absolute atomic E-state index is 12.9. The minimum absolute atomic E-state index is 0.167. The second kappa shape index (κ2) is 4.53. The third kappa shape index (κ3) is 2.63. The summed E-state index contributed by atoms with van der Waals surface area (Å²) in [6.45, 7) is 5.22. The van der Waals surface area contributed by atoms with Gasteiger partial charge in [0, 0.05) is 5.56 Å². The SMILES string of the molecule is Cc1ccc(F)cc1C(=O)C(O)C(C)C. The molecule has 15 heavy (non-hydrogen) atoms. The molecule has 0 aromatic heterocycles. The number of hydrogen-bond acceptors (Lipinski definition) is 2. The minimum Gasteiger partial charge on any atom is -0.385 e. The molecule has 0 bridgehead atoms. The zero-order chi connectivity index (χ0) is 11.6. The summed E-state index contributed by atoms with van der Waals surface area (Å²) in [6.07, 6.45) is -1.06. The van der Waals surface area contributed by atoms with Crippen molar-refractivity contribution < 1.29 is 14.3 Å². The van der Waals surface area contributed by atoms with Crippen LogP contribution in [0.5, 0.6) is 0 Å². The van der Waals surface area contributed by atoms with E-state index in [0.717, 1.165) is 0 Å². The van der Waals surface area contributed by atoms with Crippen LogP contribution < -0.4 is 0 Å². The lowest BCUT2D eigenvalue weighted by molar-refractivity contribution is 0.0646. The number of hydrogen-bond donors (Lipinski definition) is 1. The van der Waals surface area contributed by atoms with Gasteiger partial charge in [-0.1, -0.05) is 19.9 Å². The third-order valence-corrected chi connectivity index (χ3v) is 2.37. The van der Waals surface area contributed by atoms with Crippen LogP contribution in [0.1, 0.15) is 29.8 Å². The van der Waals surface area contributed by atoms with E-state index in [0.29, 0.717) is 5.56 Å². The van der Waals surface area contributed by atoms with Gasteiger partial charge in [-0.25, -0.2) is 4.39 Å². The normalized spacial score (nSPS) is 12.9. The number of aliphatic hydroxyl groups is 1. The minimum atomic E-state index is -1.06. The van der Waals surface area contributed by atoms with Crippen LogP contribution in [0.15, 0.2) is 18.2 Å². The van der Waals surface area contributed by atoms with Crippen LogP contribution in [0.3, 0.4) is 0 Å². The van der Waals surface area contributed by atoms with Crippen molar-refractivity contribution in [2.75, 3.05) is 0 Å². The number of aliphatic hydroxyl groups excluding tert-OH is 1. The summed E-state index contributed by atoms with van der Waals surface area (Å²) in [5.41, 5.74) is 0.942. The molecule has 0 heterocycles. The van der Waals surface area contributed by atoms with Crippen LogP contribution in [-0.2, 0) is 0 Å². The number of benzene rings is 1. The first-order chi connectivity index (χ1) is 6.93. The molecule has 1 N–H and O–H groups in total. The number of aryl methyl sites for hydroxylation is 1. The molecule has 0 aliphatic carbocycles. The van der Waals surface area contributed by atoms with E-state index in [-0.39, 0.29) is 11.5 Å². The summed E-state index contributed by atoms with van der Waals surface area (Å²) in [7, 11) is 0. The van der Waals surface area contributed by atoms with E-state index in [2.05, 4.69) is 0 Å². The molecule has 0 saturated heterocycles. The lowest BCUT2D eigenvalue weighted by atomic mass is 9.95. The van der Waals surface area contributed by atoms with Crippen molar-refractivity contribution in [1.82, 2.24) is 0 Å². The van der Waals surface area contributed by atoms with Gasteiger partial charge in [0.1, 0.15) is 11.9 Å². The zero-order valence-corrected chi connectivity index (χ0v) is 9.12. The maximum atomic E-state index is 12.9. The second-order valence-electron chi connectivity index (χ2n) is 4.01. The van der Waals surface area contributed by atoms with Crippen LogP contribution in [0.25, 0.3) is 0 Å². The molecule has 0 spiro atoms.